The molecule has 1 amide bonds. The molecule has 1 atom stereocenters. The van der Waals surface area contributed by atoms with Crippen molar-refractivity contribution in [2.75, 3.05) is 13.1 Å². The molecule has 2 aromatic rings. The topological polar surface area (TPSA) is 104 Å². The van der Waals surface area contributed by atoms with E-state index in [2.05, 4.69) is 10.3 Å². The van der Waals surface area contributed by atoms with Crippen LogP contribution in [0.5, 0.6) is 0 Å². The van der Waals surface area contributed by atoms with Crippen LogP contribution >= 0.6 is 0 Å². The molecule has 0 unspecified atom stereocenters. The zero-order valence-corrected chi connectivity index (χ0v) is 16.3. The summed E-state index contributed by atoms with van der Waals surface area (Å²) in [5.74, 6) is -0.944. The SMILES string of the molecule is CC(C)(C)OC(=O)N1CCC[C@H](C(=O)OCn2nnc3ccccc3c2=O)C1. The number of likely N-dealkylation sites (tertiary alicyclic amines) is 1. The van der Waals surface area contributed by atoms with Gasteiger partial charge in [-0.05, 0) is 45.7 Å². The van der Waals surface area contributed by atoms with E-state index in [-0.39, 0.29) is 18.8 Å². The van der Waals surface area contributed by atoms with E-state index in [0.29, 0.717) is 30.3 Å². The third-order valence-corrected chi connectivity index (χ3v) is 4.36. The smallest absolute Gasteiger partial charge is 0.410 e. The summed E-state index contributed by atoms with van der Waals surface area (Å²) in [6, 6.07) is 6.83. The molecule has 9 nitrogen and oxygen atoms in total. The zero-order chi connectivity index (χ0) is 20.3. The van der Waals surface area contributed by atoms with Crippen molar-refractivity contribution in [3.8, 4) is 0 Å². The molecule has 1 aromatic carbocycles. The Labute approximate surface area is 162 Å². The number of aromatic nitrogens is 3. The van der Waals surface area contributed by atoms with Gasteiger partial charge in [0.05, 0.1) is 11.3 Å². The highest BCUT2D eigenvalue weighted by molar-refractivity contribution is 5.76. The van der Waals surface area contributed by atoms with E-state index < -0.39 is 23.6 Å². The van der Waals surface area contributed by atoms with E-state index >= 15 is 0 Å². The summed E-state index contributed by atoms with van der Waals surface area (Å²) in [7, 11) is 0. The van der Waals surface area contributed by atoms with Gasteiger partial charge >= 0.3 is 12.1 Å². The Hall–Kier alpha value is -2.97. The molecule has 2 heterocycles. The summed E-state index contributed by atoms with van der Waals surface area (Å²) in [5.41, 5.74) is -0.492. The second-order valence-corrected chi connectivity index (χ2v) is 7.77. The third-order valence-electron chi connectivity index (χ3n) is 4.36. The number of ether oxygens (including phenoxy) is 2. The van der Waals surface area contributed by atoms with Crippen molar-refractivity contribution in [1.82, 2.24) is 19.9 Å². The van der Waals surface area contributed by atoms with Gasteiger partial charge in [-0.3, -0.25) is 9.59 Å². The molecule has 0 bridgehead atoms. The minimum absolute atomic E-state index is 0.228. The quantitative estimate of drug-likeness (QED) is 0.740. The van der Waals surface area contributed by atoms with Gasteiger partial charge in [0, 0.05) is 13.1 Å². The summed E-state index contributed by atoms with van der Waals surface area (Å²) < 4.78 is 11.6. The van der Waals surface area contributed by atoms with Crippen molar-refractivity contribution >= 4 is 23.0 Å². The largest absolute Gasteiger partial charge is 0.444 e. The zero-order valence-electron chi connectivity index (χ0n) is 16.3. The van der Waals surface area contributed by atoms with E-state index in [1.165, 1.54) is 4.90 Å². The molecule has 9 heteroatoms. The Morgan fingerprint density at radius 2 is 2.00 bits per heavy atom. The van der Waals surface area contributed by atoms with Gasteiger partial charge in [-0.1, -0.05) is 17.3 Å². The van der Waals surface area contributed by atoms with Gasteiger partial charge < -0.3 is 14.4 Å². The first-order valence-electron chi connectivity index (χ1n) is 9.22. The van der Waals surface area contributed by atoms with Crippen LogP contribution in [0, 0.1) is 5.92 Å². The van der Waals surface area contributed by atoms with Crippen LogP contribution < -0.4 is 5.56 Å². The summed E-state index contributed by atoms with van der Waals surface area (Å²) in [6.45, 7) is 5.83. The van der Waals surface area contributed by atoms with Crippen LogP contribution in [0.15, 0.2) is 29.1 Å². The summed E-state index contributed by atoms with van der Waals surface area (Å²) >= 11 is 0. The third kappa shape index (κ3) is 4.65. The molecule has 0 aliphatic carbocycles. The highest BCUT2D eigenvalue weighted by Crippen LogP contribution is 2.20. The lowest BCUT2D eigenvalue weighted by Gasteiger charge is -2.33. The van der Waals surface area contributed by atoms with Crippen molar-refractivity contribution in [2.45, 2.75) is 45.9 Å². The lowest BCUT2D eigenvalue weighted by atomic mass is 9.99. The Balaban J connectivity index is 1.61. The van der Waals surface area contributed by atoms with Crippen molar-refractivity contribution in [3.05, 3.63) is 34.6 Å². The van der Waals surface area contributed by atoms with Crippen molar-refractivity contribution in [1.29, 1.82) is 0 Å². The number of hydrogen-bond donors (Lipinski definition) is 0. The van der Waals surface area contributed by atoms with Gasteiger partial charge in [0.15, 0.2) is 6.73 Å². The van der Waals surface area contributed by atoms with Crippen LogP contribution in [-0.2, 0) is 21.0 Å². The number of carbonyl (C=O) groups excluding carboxylic acids is 2. The van der Waals surface area contributed by atoms with E-state index in [1.807, 2.05) is 0 Å². The second-order valence-electron chi connectivity index (χ2n) is 7.77. The van der Waals surface area contributed by atoms with Crippen molar-refractivity contribution in [2.24, 2.45) is 5.92 Å². The Morgan fingerprint density at radius 3 is 2.75 bits per heavy atom. The first-order valence-corrected chi connectivity index (χ1v) is 9.22. The van der Waals surface area contributed by atoms with Crippen molar-refractivity contribution < 1.29 is 19.1 Å². The normalized spacial score (nSPS) is 17.4. The molecule has 28 heavy (non-hydrogen) atoms. The number of hydrogen-bond acceptors (Lipinski definition) is 7. The van der Waals surface area contributed by atoms with Crippen LogP contribution in [0.2, 0.25) is 0 Å². The summed E-state index contributed by atoms with van der Waals surface area (Å²) in [4.78, 5) is 38.6. The highest BCUT2D eigenvalue weighted by atomic mass is 16.6. The predicted molar refractivity (Wildman–Crippen MR) is 100 cm³/mol. The van der Waals surface area contributed by atoms with Crippen molar-refractivity contribution in [3.63, 3.8) is 0 Å². The lowest BCUT2D eigenvalue weighted by molar-refractivity contribution is -0.154. The molecule has 1 aliphatic heterocycles. The first kappa shape index (κ1) is 19.8. The first-order chi connectivity index (χ1) is 13.2. The molecule has 1 saturated heterocycles. The van der Waals surface area contributed by atoms with E-state index in [4.69, 9.17) is 9.47 Å². The number of fused-ring (bicyclic) bond motifs is 1. The molecular formula is C19H24N4O5. The molecule has 0 radical (unpaired) electrons. The minimum atomic E-state index is -0.597. The maximum Gasteiger partial charge on any atom is 0.410 e. The Kier molecular flexibility index (Phi) is 5.62. The standard InChI is InChI=1S/C19H24N4O5/c1-19(2,3)28-18(26)22-10-6-7-13(11-22)17(25)27-12-23-16(24)14-8-4-5-9-15(14)20-21-23/h4-5,8-9,13H,6-7,10-12H2,1-3H3/t13-/m0/s1. The molecule has 3 rings (SSSR count). The fourth-order valence-electron chi connectivity index (χ4n) is 3.01. The van der Waals surface area contributed by atoms with Gasteiger partial charge in [-0.15, -0.1) is 5.10 Å². The van der Waals surface area contributed by atoms with E-state index in [1.54, 1.807) is 45.0 Å². The Bertz CT molecular complexity index is 934. The summed E-state index contributed by atoms with van der Waals surface area (Å²) in [5, 5.41) is 8.16. The van der Waals surface area contributed by atoms with Crippen LogP contribution in [0.3, 0.4) is 0 Å². The van der Waals surface area contributed by atoms with E-state index in [0.717, 1.165) is 4.68 Å². The van der Waals surface area contributed by atoms with Gasteiger partial charge in [-0.2, -0.15) is 4.68 Å². The monoisotopic (exact) mass is 388 g/mol. The number of nitrogens with zero attached hydrogens (tertiary/aromatic N) is 4. The fourth-order valence-corrected chi connectivity index (χ4v) is 3.01. The Morgan fingerprint density at radius 1 is 1.25 bits per heavy atom. The van der Waals surface area contributed by atoms with Gasteiger partial charge in [0.2, 0.25) is 0 Å². The highest BCUT2D eigenvalue weighted by Gasteiger charge is 2.32. The minimum Gasteiger partial charge on any atom is -0.444 e. The summed E-state index contributed by atoms with van der Waals surface area (Å²) in [6.07, 6.45) is 0.840. The second kappa shape index (κ2) is 7.95. The van der Waals surface area contributed by atoms with Crippen LogP contribution in [0.25, 0.3) is 10.9 Å². The van der Waals surface area contributed by atoms with Gasteiger partial charge in [0.1, 0.15) is 11.1 Å². The predicted octanol–water partition coefficient (Wildman–Crippen LogP) is 1.94. The van der Waals surface area contributed by atoms with Crippen LogP contribution in [0.1, 0.15) is 33.6 Å². The number of benzene rings is 1. The molecule has 0 N–H and O–H groups in total. The molecule has 0 saturated carbocycles. The number of esters is 1. The molecular weight excluding hydrogens is 364 g/mol. The van der Waals surface area contributed by atoms with Gasteiger partial charge in [0.25, 0.3) is 5.56 Å². The molecule has 1 aliphatic rings. The molecule has 1 aromatic heterocycles. The number of rotatable bonds is 3. The molecule has 0 spiro atoms. The molecule has 150 valence electrons. The lowest BCUT2D eigenvalue weighted by Crippen LogP contribution is -2.45. The number of carbonyl (C=O) groups is 2. The van der Waals surface area contributed by atoms with E-state index in [9.17, 15) is 14.4 Å². The number of amides is 1. The maximum absolute atomic E-state index is 12.4. The molecule has 1 fully saturated rings. The number of piperidine rings is 1. The van der Waals surface area contributed by atoms with Crippen LogP contribution in [0.4, 0.5) is 4.79 Å². The maximum atomic E-state index is 12.4. The van der Waals surface area contributed by atoms with Gasteiger partial charge in [-0.25, -0.2) is 4.79 Å². The average Bonchev–Trinajstić information content (AvgIpc) is 2.66. The van der Waals surface area contributed by atoms with Crippen LogP contribution in [-0.4, -0.2) is 50.6 Å². The average molecular weight is 388 g/mol. The fraction of sp³-hybridized carbons (Fsp3) is 0.526.